The number of hydrogen-bond acceptors (Lipinski definition) is 4. The van der Waals surface area contributed by atoms with Gasteiger partial charge in [-0.05, 0) is 13.3 Å². The van der Waals surface area contributed by atoms with Gasteiger partial charge in [0, 0.05) is 6.07 Å². The average Bonchev–Trinajstić information content (AvgIpc) is 2.48. The van der Waals surface area contributed by atoms with Gasteiger partial charge in [0.25, 0.3) is 0 Å². The predicted octanol–water partition coefficient (Wildman–Crippen LogP) is 0.812. The fraction of sp³-hybridized carbons (Fsp3) is 0.625. The van der Waals surface area contributed by atoms with Crippen LogP contribution in [0, 0.1) is 6.92 Å². The van der Waals surface area contributed by atoms with Gasteiger partial charge in [-0.25, -0.2) is 13.1 Å². The van der Waals surface area contributed by atoms with Gasteiger partial charge in [0.1, 0.15) is 0 Å². The summed E-state index contributed by atoms with van der Waals surface area (Å²) in [5, 5.41) is 3.65. The molecule has 0 saturated heterocycles. The molecule has 6 heteroatoms. The van der Waals surface area contributed by atoms with E-state index in [4.69, 9.17) is 4.52 Å². The van der Waals surface area contributed by atoms with Gasteiger partial charge in [-0.2, -0.15) is 0 Å². The molecular weight excluding hydrogens is 204 g/mol. The number of rotatable bonds is 5. The zero-order valence-electron chi connectivity index (χ0n) is 8.28. The molecule has 0 radical (unpaired) electrons. The van der Waals surface area contributed by atoms with Crippen LogP contribution in [0.4, 0.5) is 0 Å². The monoisotopic (exact) mass is 218 g/mol. The summed E-state index contributed by atoms with van der Waals surface area (Å²) in [6, 6.07) is 1.70. The summed E-state index contributed by atoms with van der Waals surface area (Å²) in [5.41, 5.74) is 0.745. The van der Waals surface area contributed by atoms with E-state index in [-0.39, 0.29) is 12.3 Å². The zero-order valence-corrected chi connectivity index (χ0v) is 9.10. The largest absolute Gasteiger partial charge is 0.360 e. The first-order valence-corrected chi connectivity index (χ1v) is 6.08. The summed E-state index contributed by atoms with van der Waals surface area (Å²) in [6.45, 7) is 3.77. The highest BCUT2D eigenvalue weighted by Crippen LogP contribution is 2.02. The van der Waals surface area contributed by atoms with Crippen molar-refractivity contribution in [1.82, 2.24) is 9.88 Å². The first kappa shape index (κ1) is 11.2. The lowest BCUT2D eigenvalue weighted by Crippen LogP contribution is -2.25. The smallest absolute Gasteiger partial charge is 0.211 e. The van der Waals surface area contributed by atoms with E-state index >= 15 is 0 Å². The molecule has 80 valence electrons. The summed E-state index contributed by atoms with van der Waals surface area (Å²) in [6.07, 6.45) is 0.602. The van der Waals surface area contributed by atoms with Gasteiger partial charge < -0.3 is 4.52 Å². The van der Waals surface area contributed by atoms with Crippen molar-refractivity contribution in [2.45, 2.75) is 26.8 Å². The molecule has 0 fully saturated rings. The fourth-order valence-corrected chi connectivity index (χ4v) is 2.07. The molecule has 0 aliphatic carbocycles. The van der Waals surface area contributed by atoms with Gasteiger partial charge in [-0.1, -0.05) is 12.1 Å². The minimum Gasteiger partial charge on any atom is -0.360 e. The molecule has 0 unspecified atom stereocenters. The lowest BCUT2D eigenvalue weighted by atomic mass is 10.4. The lowest BCUT2D eigenvalue weighted by molar-refractivity contribution is 0.377. The molecule has 0 saturated carbocycles. The quantitative estimate of drug-likeness (QED) is 0.794. The van der Waals surface area contributed by atoms with Crippen molar-refractivity contribution in [2.75, 3.05) is 5.75 Å². The van der Waals surface area contributed by atoms with Crippen molar-refractivity contribution in [3.63, 3.8) is 0 Å². The lowest BCUT2D eigenvalue weighted by Gasteiger charge is -2.01. The highest BCUT2D eigenvalue weighted by molar-refractivity contribution is 7.89. The van der Waals surface area contributed by atoms with Crippen LogP contribution < -0.4 is 4.72 Å². The Morgan fingerprint density at radius 3 is 2.79 bits per heavy atom. The van der Waals surface area contributed by atoms with E-state index in [9.17, 15) is 8.42 Å². The highest BCUT2D eigenvalue weighted by Gasteiger charge is 2.09. The summed E-state index contributed by atoms with van der Waals surface area (Å²) in [7, 11) is -3.16. The number of nitrogens with one attached hydrogen (secondary N) is 1. The maximum atomic E-state index is 11.2. The van der Waals surface area contributed by atoms with Gasteiger partial charge in [0.2, 0.25) is 10.0 Å². The van der Waals surface area contributed by atoms with Gasteiger partial charge in [0.15, 0.2) is 5.76 Å². The molecule has 1 aromatic rings. The molecule has 0 aromatic carbocycles. The van der Waals surface area contributed by atoms with E-state index < -0.39 is 10.0 Å². The molecule has 0 aliphatic rings. The van der Waals surface area contributed by atoms with Crippen molar-refractivity contribution in [3.05, 3.63) is 17.5 Å². The summed E-state index contributed by atoms with van der Waals surface area (Å²) >= 11 is 0. The topological polar surface area (TPSA) is 72.2 Å². The average molecular weight is 218 g/mol. The molecule has 5 nitrogen and oxygen atoms in total. The van der Waals surface area contributed by atoms with E-state index in [1.165, 1.54) is 0 Å². The minimum absolute atomic E-state index is 0.139. The van der Waals surface area contributed by atoms with Crippen molar-refractivity contribution >= 4 is 10.0 Å². The maximum Gasteiger partial charge on any atom is 0.211 e. The van der Waals surface area contributed by atoms with E-state index in [0.29, 0.717) is 12.2 Å². The van der Waals surface area contributed by atoms with Crippen LogP contribution in [-0.2, 0) is 16.6 Å². The van der Waals surface area contributed by atoms with Gasteiger partial charge in [-0.3, -0.25) is 0 Å². The third kappa shape index (κ3) is 3.47. The number of aromatic nitrogens is 1. The molecule has 0 atom stereocenters. The fourth-order valence-electron chi connectivity index (χ4n) is 1.02. The number of aryl methyl sites for hydroxylation is 1. The van der Waals surface area contributed by atoms with E-state index in [0.717, 1.165) is 5.69 Å². The second-order valence-electron chi connectivity index (χ2n) is 3.07. The molecule has 1 N–H and O–H groups in total. The van der Waals surface area contributed by atoms with E-state index in [1.54, 1.807) is 13.0 Å². The second kappa shape index (κ2) is 4.56. The van der Waals surface area contributed by atoms with E-state index in [1.807, 2.05) is 6.92 Å². The molecular formula is C8H14N2O3S. The Balaban J connectivity index is 2.48. The Morgan fingerprint density at radius 2 is 2.29 bits per heavy atom. The van der Waals surface area contributed by atoms with Crippen LogP contribution in [0.3, 0.4) is 0 Å². The molecule has 14 heavy (non-hydrogen) atoms. The Labute approximate surface area is 83.5 Å². The van der Waals surface area contributed by atoms with Crippen LogP contribution in [-0.4, -0.2) is 19.3 Å². The second-order valence-corrected chi connectivity index (χ2v) is 5.00. The molecule has 0 amide bonds. The van der Waals surface area contributed by atoms with Gasteiger partial charge in [-0.15, -0.1) is 0 Å². The third-order valence-electron chi connectivity index (χ3n) is 1.62. The minimum atomic E-state index is -3.16. The molecule has 1 aromatic heterocycles. The van der Waals surface area contributed by atoms with Crippen LogP contribution >= 0.6 is 0 Å². The number of sulfonamides is 1. The normalized spacial score (nSPS) is 11.9. The van der Waals surface area contributed by atoms with Gasteiger partial charge in [0.05, 0.1) is 18.0 Å². The molecule has 1 rings (SSSR count). The van der Waals surface area contributed by atoms with Crippen molar-refractivity contribution in [3.8, 4) is 0 Å². The van der Waals surface area contributed by atoms with Crippen molar-refractivity contribution < 1.29 is 12.9 Å². The molecule has 0 aliphatic heterocycles. The van der Waals surface area contributed by atoms with Crippen LogP contribution in [0.2, 0.25) is 0 Å². The molecule has 0 bridgehead atoms. The van der Waals surface area contributed by atoms with Crippen LogP contribution in [0.25, 0.3) is 0 Å². The van der Waals surface area contributed by atoms with Crippen LogP contribution in [0.5, 0.6) is 0 Å². The highest BCUT2D eigenvalue weighted by atomic mass is 32.2. The summed E-state index contributed by atoms with van der Waals surface area (Å²) in [5.74, 6) is 0.669. The van der Waals surface area contributed by atoms with Crippen LogP contribution in [0.1, 0.15) is 24.8 Å². The van der Waals surface area contributed by atoms with Crippen molar-refractivity contribution in [2.24, 2.45) is 0 Å². The third-order valence-corrected chi connectivity index (χ3v) is 3.15. The Morgan fingerprint density at radius 1 is 1.57 bits per heavy atom. The summed E-state index contributed by atoms with van der Waals surface area (Å²) in [4.78, 5) is 0. The van der Waals surface area contributed by atoms with Crippen molar-refractivity contribution in [1.29, 1.82) is 0 Å². The van der Waals surface area contributed by atoms with E-state index in [2.05, 4.69) is 9.88 Å². The zero-order chi connectivity index (χ0) is 10.6. The number of nitrogens with zero attached hydrogens (tertiary/aromatic N) is 1. The Kier molecular flexibility index (Phi) is 3.65. The molecule has 1 heterocycles. The Bertz CT molecular complexity index is 383. The Hall–Kier alpha value is -0.880. The maximum absolute atomic E-state index is 11.2. The first-order chi connectivity index (χ1) is 6.53. The van der Waals surface area contributed by atoms with Crippen LogP contribution in [0.15, 0.2) is 10.6 Å². The molecule has 0 spiro atoms. The summed E-state index contributed by atoms with van der Waals surface area (Å²) < 4.78 is 29.8. The standard InChI is InChI=1S/C8H14N2O3S/c1-3-4-14(11,12)9-6-8-5-7(2)10-13-8/h5,9H,3-4,6H2,1-2H3. The predicted molar refractivity (Wildman–Crippen MR) is 52.2 cm³/mol. The van der Waals surface area contributed by atoms with Gasteiger partial charge >= 0.3 is 0 Å². The SMILES string of the molecule is CCCS(=O)(=O)NCc1cc(C)no1. The number of hydrogen-bond donors (Lipinski definition) is 1. The first-order valence-electron chi connectivity index (χ1n) is 4.43.